The summed E-state index contributed by atoms with van der Waals surface area (Å²) >= 11 is 3.07. The topological polar surface area (TPSA) is 29.1 Å². The van der Waals surface area contributed by atoms with E-state index in [0.717, 1.165) is 5.56 Å². The molecule has 0 spiro atoms. The zero-order valence-electron chi connectivity index (χ0n) is 9.71. The molecule has 0 aliphatic heterocycles. The van der Waals surface area contributed by atoms with Gasteiger partial charge in [-0.15, -0.1) is 0 Å². The molecule has 0 atom stereocenters. The van der Waals surface area contributed by atoms with Crippen LogP contribution in [0.15, 0.2) is 46.9 Å². The van der Waals surface area contributed by atoms with Crippen molar-refractivity contribution in [3.05, 3.63) is 63.9 Å². The lowest BCUT2D eigenvalue weighted by Crippen LogP contribution is -2.13. The number of hydrogen-bond acceptors (Lipinski definition) is 1. The molecule has 0 bridgehead atoms. The van der Waals surface area contributed by atoms with Crippen LogP contribution in [0.5, 0.6) is 0 Å². The number of nitrogens with one attached hydrogen (secondary N) is 1. The number of halogens is 2. The first kappa shape index (κ1) is 12.8. The Balaban J connectivity index is 2.25. The Morgan fingerprint density at radius 3 is 2.67 bits per heavy atom. The van der Waals surface area contributed by atoms with Crippen molar-refractivity contribution in [1.29, 1.82) is 0 Å². The van der Waals surface area contributed by atoms with Gasteiger partial charge in [-0.05, 0) is 52.7 Å². The third kappa shape index (κ3) is 2.76. The van der Waals surface area contributed by atoms with Gasteiger partial charge in [0.15, 0.2) is 0 Å². The highest BCUT2D eigenvalue weighted by Gasteiger charge is 2.12. The van der Waals surface area contributed by atoms with Gasteiger partial charge in [0.25, 0.3) is 5.91 Å². The Morgan fingerprint density at radius 2 is 1.94 bits per heavy atom. The number of anilines is 1. The van der Waals surface area contributed by atoms with E-state index < -0.39 is 5.82 Å². The van der Waals surface area contributed by atoms with Crippen molar-refractivity contribution in [2.24, 2.45) is 0 Å². The van der Waals surface area contributed by atoms with Gasteiger partial charge in [-0.2, -0.15) is 0 Å². The number of amides is 1. The largest absolute Gasteiger partial charge is 0.322 e. The molecule has 0 radical (unpaired) electrons. The number of carbonyl (C=O) groups excluding carboxylic acids is 1. The van der Waals surface area contributed by atoms with E-state index >= 15 is 0 Å². The zero-order chi connectivity index (χ0) is 13.1. The van der Waals surface area contributed by atoms with E-state index in [1.54, 1.807) is 12.1 Å². The molecule has 92 valence electrons. The molecule has 2 nitrogen and oxygen atoms in total. The molecule has 1 N–H and O–H groups in total. The minimum atomic E-state index is -0.452. The highest BCUT2D eigenvalue weighted by molar-refractivity contribution is 9.10. The van der Waals surface area contributed by atoms with E-state index in [1.165, 1.54) is 12.1 Å². The van der Waals surface area contributed by atoms with Crippen molar-refractivity contribution in [2.75, 3.05) is 5.32 Å². The van der Waals surface area contributed by atoms with Gasteiger partial charge in [0.05, 0.1) is 10.0 Å². The molecule has 0 saturated heterocycles. The molecule has 4 heteroatoms. The Morgan fingerprint density at radius 1 is 1.22 bits per heavy atom. The predicted octanol–water partition coefficient (Wildman–Crippen LogP) is 4.15. The highest BCUT2D eigenvalue weighted by atomic mass is 79.9. The van der Waals surface area contributed by atoms with Crippen molar-refractivity contribution in [3.63, 3.8) is 0 Å². The second kappa shape index (κ2) is 5.31. The summed E-state index contributed by atoms with van der Waals surface area (Å²) in [6, 6.07) is 11.8. The van der Waals surface area contributed by atoms with Gasteiger partial charge in [0, 0.05) is 5.69 Å². The molecule has 2 rings (SSSR count). The fraction of sp³-hybridized carbons (Fsp3) is 0.0714. The van der Waals surface area contributed by atoms with E-state index in [0.29, 0.717) is 5.69 Å². The smallest absolute Gasteiger partial charge is 0.256 e. The lowest BCUT2D eigenvalue weighted by atomic mass is 10.2. The van der Waals surface area contributed by atoms with E-state index in [9.17, 15) is 9.18 Å². The van der Waals surface area contributed by atoms with Crippen molar-refractivity contribution < 1.29 is 9.18 Å². The summed E-state index contributed by atoms with van der Waals surface area (Å²) in [5.74, 6) is -0.793. The second-order valence-corrected chi connectivity index (χ2v) is 4.72. The molecule has 2 aromatic rings. The molecule has 0 aliphatic carbocycles. The summed E-state index contributed by atoms with van der Waals surface area (Å²) in [5.41, 5.74) is 2.01. The Hall–Kier alpha value is -1.68. The van der Waals surface area contributed by atoms with Gasteiger partial charge in [0.1, 0.15) is 5.82 Å². The van der Waals surface area contributed by atoms with Crippen molar-refractivity contribution in [2.45, 2.75) is 6.92 Å². The summed E-state index contributed by atoms with van der Waals surface area (Å²) < 4.78 is 13.5. The van der Waals surface area contributed by atoms with Crippen LogP contribution in [0.1, 0.15) is 15.9 Å². The zero-order valence-corrected chi connectivity index (χ0v) is 11.3. The van der Waals surface area contributed by atoms with Gasteiger partial charge in [-0.1, -0.05) is 18.2 Å². The van der Waals surface area contributed by atoms with Crippen molar-refractivity contribution >= 4 is 27.5 Å². The predicted molar refractivity (Wildman–Crippen MR) is 73.2 cm³/mol. The van der Waals surface area contributed by atoms with Crippen LogP contribution in [0.25, 0.3) is 0 Å². The van der Waals surface area contributed by atoms with E-state index in [2.05, 4.69) is 21.2 Å². The van der Waals surface area contributed by atoms with Crippen LogP contribution in [0, 0.1) is 12.7 Å². The highest BCUT2D eigenvalue weighted by Crippen LogP contribution is 2.21. The number of aryl methyl sites for hydroxylation is 1. The third-order valence-electron chi connectivity index (χ3n) is 2.47. The summed E-state index contributed by atoms with van der Waals surface area (Å²) in [6.07, 6.45) is 0. The molecular formula is C14H11BrFNO. The van der Waals surface area contributed by atoms with Crippen molar-refractivity contribution in [3.8, 4) is 0 Å². The third-order valence-corrected chi connectivity index (χ3v) is 3.28. The van der Waals surface area contributed by atoms with E-state index in [4.69, 9.17) is 0 Å². The number of benzene rings is 2. The van der Waals surface area contributed by atoms with Gasteiger partial charge in [0.2, 0.25) is 0 Å². The van der Waals surface area contributed by atoms with Gasteiger partial charge >= 0.3 is 0 Å². The fourth-order valence-corrected chi connectivity index (χ4v) is 2.04. The molecule has 2 aromatic carbocycles. The monoisotopic (exact) mass is 307 g/mol. The average Bonchev–Trinajstić information content (AvgIpc) is 2.32. The average molecular weight is 308 g/mol. The minimum absolute atomic E-state index is 0.176. The molecule has 0 heterocycles. The van der Waals surface area contributed by atoms with Crippen LogP contribution >= 0.6 is 15.9 Å². The van der Waals surface area contributed by atoms with Gasteiger partial charge in [-0.25, -0.2) is 4.39 Å². The summed E-state index contributed by atoms with van der Waals surface area (Å²) in [6.45, 7) is 1.94. The summed E-state index contributed by atoms with van der Waals surface area (Å²) in [7, 11) is 0. The molecule has 0 unspecified atom stereocenters. The first-order valence-corrected chi connectivity index (χ1v) is 6.19. The van der Waals surface area contributed by atoms with Gasteiger partial charge < -0.3 is 5.32 Å². The Bertz CT molecular complexity index is 598. The lowest BCUT2D eigenvalue weighted by molar-refractivity contribution is 0.102. The molecule has 0 saturated carbocycles. The van der Waals surface area contributed by atoms with Crippen molar-refractivity contribution in [1.82, 2.24) is 0 Å². The van der Waals surface area contributed by atoms with Crippen LogP contribution in [-0.2, 0) is 0 Å². The lowest BCUT2D eigenvalue weighted by Gasteiger charge is -2.07. The molecule has 0 fully saturated rings. The van der Waals surface area contributed by atoms with Crippen LogP contribution in [-0.4, -0.2) is 5.91 Å². The maximum Gasteiger partial charge on any atom is 0.256 e. The number of carbonyl (C=O) groups is 1. The maximum atomic E-state index is 13.3. The SMILES string of the molecule is Cc1cccc(NC(=O)c2cccc(F)c2Br)c1. The van der Waals surface area contributed by atoms with Crippen LogP contribution < -0.4 is 5.32 Å². The fourth-order valence-electron chi connectivity index (χ4n) is 1.60. The Kier molecular flexibility index (Phi) is 3.77. The second-order valence-electron chi connectivity index (χ2n) is 3.92. The quantitative estimate of drug-likeness (QED) is 0.887. The van der Waals surface area contributed by atoms with E-state index in [-0.39, 0.29) is 15.9 Å². The molecule has 18 heavy (non-hydrogen) atoms. The normalized spacial score (nSPS) is 10.2. The molecule has 0 aromatic heterocycles. The Labute approximate surface area is 113 Å². The first-order valence-electron chi connectivity index (χ1n) is 5.40. The first-order chi connectivity index (χ1) is 8.58. The van der Waals surface area contributed by atoms with Gasteiger partial charge in [-0.3, -0.25) is 4.79 Å². The van der Waals surface area contributed by atoms with Crippen LogP contribution in [0.4, 0.5) is 10.1 Å². The summed E-state index contributed by atoms with van der Waals surface area (Å²) in [5, 5.41) is 2.73. The van der Waals surface area contributed by atoms with Crippen LogP contribution in [0.3, 0.4) is 0 Å². The van der Waals surface area contributed by atoms with E-state index in [1.807, 2.05) is 25.1 Å². The standard InChI is InChI=1S/C14H11BrFNO/c1-9-4-2-5-10(8-9)17-14(18)11-6-3-7-12(16)13(11)15/h2-8H,1H3,(H,17,18). The van der Waals surface area contributed by atoms with Crippen LogP contribution in [0.2, 0.25) is 0 Å². The summed E-state index contributed by atoms with van der Waals surface area (Å²) in [4.78, 5) is 12.0. The molecule has 1 amide bonds. The maximum absolute atomic E-state index is 13.3. The number of rotatable bonds is 2. The number of hydrogen-bond donors (Lipinski definition) is 1. The molecular weight excluding hydrogens is 297 g/mol. The minimum Gasteiger partial charge on any atom is -0.322 e. The molecule has 0 aliphatic rings.